The number of aromatic nitrogens is 1. The lowest BCUT2D eigenvalue weighted by molar-refractivity contribution is -0.120. The number of nitrogens with zero attached hydrogens (tertiary/aromatic N) is 1. The Hall–Kier alpha value is -0.700. The molecular formula is C12H14BrNO. The van der Waals surface area contributed by atoms with Gasteiger partial charge in [0, 0.05) is 29.2 Å². The maximum Gasteiger partial charge on any atom is 0.135 e. The van der Waals surface area contributed by atoms with Gasteiger partial charge in [-0.1, -0.05) is 6.92 Å². The highest BCUT2D eigenvalue weighted by atomic mass is 79.9. The molecule has 1 aromatic heterocycles. The van der Waals surface area contributed by atoms with Crippen LogP contribution in [0.4, 0.5) is 0 Å². The summed E-state index contributed by atoms with van der Waals surface area (Å²) in [7, 11) is 0. The fourth-order valence-electron chi connectivity index (χ4n) is 2.22. The second-order valence-corrected chi connectivity index (χ2v) is 5.18. The van der Waals surface area contributed by atoms with E-state index in [2.05, 4.69) is 27.0 Å². The van der Waals surface area contributed by atoms with E-state index in [0.717, 1.165) is 23.7 Å². The molecule has 0 N–H and O–H groups in total. The minimum Gasteiger partial charge on any atom is -0.299 e. The number of carbonyl (C=O) groups is 1. The van der Waals surface area contributed by atoms with Crippen molar-refractivity contribution >= 4 is 21.7 Å². The van der Waals surface area contributed by atoms with Crippen molar-refractivity contribution in [1.29, 1.82) is 0 Å². The molecular weight excluding hydrogens is 254 g/mol. The Morgan fingerprint density at radius 1 is 1.53 bits per heavy atom. The first kappa shape index (κ1) is 10.8. The first-order valence-electron chi connectivity index (χ1n) is 5.29. The summed E-state index contributed by atoms with van der Waals surface area (Å²) in [5, 5.41) is 0. The van der Waals surface area contributed by atoms with E-state index in [1.165, 1.54) is 5.56 Å². The van der Waals surface area contributed by atoms with Gasteiger partial charge in [-0.3, -0.25) is 9.78 Å². The Balaban J connectivity index is 2.06. The van der Waals surface area contributed by atoms with Crippen molar-refractivity contribution in [3.05, 3.63) is 28.5 Å². The lowest BCUT2D eigenvalue weighted by atomic mass is 9.91. The standard InChI is InChI=1S/C12H14BrNO/c1-8-10(2-3-12(8)15)4-9-5-11(13)7-14-6-9/h5-8,10H,2-4H2,1H3. The lowest BCUT2D eigenvalue weighted by Gasteiger charge is -2.13. The van der Waals surface area contributed by atoms with E-state index in [1.54, 1.807) is 6.20 Å². The van der Waals surface area contributed by atoms with Gasteiger partial charge in [-0.15, -0.1) is 0 Å². The van der Waals surface area contributed by atoms with Gasteiger partial charge in [0.15, 0.2) is 0 Å². The van der Waals surface area contributed by atoms with Crippen LogP contribution in [-0.2, 0) is 11.2 Å². The summed E-state index contributed by atoms with van der Waals surface area (Å²) in [6.45, 7) is 2.05. The van der Waals surface area contributed by atoms with E-state index in [0.29, 0.717) is 11.7 Å². The normalized spacial score (nSPS) is 25.9. The maximum atomic E-state index is 11.4. The van der Waals surface area contributed by atoms with Crippen molar-refractivity contribution in [1.82, 2.24) is 4.98 Å². The second kappa shape index (κ2) is 4.44. The molecule has 2 unspecified atom stereocenters. The molecule has 0 bridgehead atoms. The molecule has 2 rings (SSSR count). The third-order valence-corrected chi connectivity index (χ3v) is 3.67. The molecule has 0 amide bonds. The smallest absolute Gasteiger partial charge is 0.135 e. The average molecular weight is 268 g/mol. The number of halogens is 1. The van der Waals surface area contributed by atoms with E-state index in [-0.39, 0.29) is 5.92 Å². The zero-order valence-electron chi connectivity index (χ0n) is 8.74. The number of Topliss-reactive ketones (excluding diaryl/α,β-unsaturated/α-hetero) is 1. The Labute approximate surface area is 98.2 Å². The van der Waals surface area contributed by atoms with E-state index < -0.39 is 0 Å². The van der Waals surface area contributed by atoms with Gasteiger partial charge in [0.1, 0.15) is 5.78 Å². The van der Waals surface area contributed by atoms with Gasteiger partial charge < -0.3 is 0 Å². The van der Waals surface area contributed by atoms with Crippen LogP contribution in [0.2, 0.25) is 0 Å². The predicted octanol–water partition coefficient (Wildman–Crippen LogP) is 3.00. The second-order valence-electron chi connectivity index (χ2n) is 4.27. The third kappa shape index (κ3) is 2.46. The predicted molar refractivity (Wildman–Crippen MR) is 62.5 cm³/mol. The van der Waals surface area contributed by atoms with Crippen molar-refractivity contribution in [2.75, 3.05) is 0 Å². The van der Waals surface area contributed by atoms with Crippen LogP contribution in [0.1, 0.15) is 25.3 Å². The molecule has 1 aliphatic rings. The molecule has 0 aromatic carbocycles. The zero-order chi connectivity index (χ0) is 10.8. The van der Waals surface area contributed by atoms with Crippen LogP contribution in [-0.4, -0.2) is 10.8 Å². The Bertz CT molecular complexity index is 378. The Morgan fingerprint density at radius 2 is 2.33 bits per heavy atom. The van der Waals surface area contributed by atoms with Gasteiger partial charge >= 0.3 is 0 Å². The molecule has 1 saturated carbocycles. The molecule has 1 fully saturated rings. The molecule has 1 aliphatic carbocycles. The lowest BCUT2D eigenvalue weighted by Crippen LogP contribution is -2.12. The first-order valence-corrected chi connectivity index (χ1v) is 6.08. The fourth-order valence-corrected chi connectivity index (χ4v) is 2.63. The number of rotatable bonds is 2. The van der Waals surface area contributed by atoms with E-state index in [9.17, 15) is 4.79 Å². The number of ketones is 1. The summed E-state index contributed by atoms with van der Waals surface area (Å²) < 4.78 is 1.01. The topological polar surface area (TPSA) is 30.0 Å². The highest BCUT2D eigenvalue weighted by Gasteiger charge is 2.30. The summed E-state index contributed by atoms with van der Waals surface area (Å²) in [5.74, 6) is 1.15. The molecule has 1 aromatic rings. The minimum absolute atomic E-state index is 0.226. The molecule has 0 spiro atoms. The minimum atomic E-state index is 0.226. The Morgan fingerprint density at radius 3 is 2.93 bits per heavy atom. The van der Waals surface area contributed by atoms with Crippen LogP contribution in [0.5, 0.6) is 0 Å². The molecule has 0 aliphatic heterocycles. The molecule has 0 radical (unpaired) electrons. The van der Waals surface area contributed by atoms with E-state index >= 15 is 0 Å². The monoisotopic (exact) mass is 267 g/mol. The molecule has 15 heavy (non-hydrogen) atoms. The van der Waals surface area contributed by atoms with Crippen LogP contribution in [0.25, 0.3) is 0 Å². The highest BCUT2D eigenvalue weighted by molar-refractivity contribution is 9.10. The van der Waals surface area contributed by atoms with Gasteiger partial charge in [-0.2, -0.15) is 0 Å². The molecule has 0 saturated heterocycles. The van der Waals surface area contributed by atoms with Gasteiger partial charge in [0.25, 0.3) is 0 Å². The van der Waals surface area contributed by atoms with Crippen molar-refractivity contribution in [3.8, 4) is 0 Å². The van der Waals surface area contributed by atoms with Crippen molar-refractivity contribution < 1.29 is 4.79 Å². The van der Waals surface area contributed by atoms with Gasteiger partial charge in [-0.05, 0) is 46.3 Å². The van der Waals surface area contributed by atoms with Gasteiger partial charge in [-0.25, -0.2) is 0 Å². The van der Waals surface area contributed by atoms with Crippen LogP contribution in [0, 0.1) is 11.8 Å². The molecule has 3 heteroatoms. The molecule has 1 heterocycles. The van der Waals surface area contributed by atoms with Crippen molar-refractivity contribution in [2.24, 2.45) is 11.8 Å². The van der Waals surface area contributed by atoms with Gasteiger partial charge in [0.05, 0.1) is 0 Å². The maximum absolute atomic E-state index is 11.4. The first-order chi connectivity index (χ1) is 7.16. The number of pyridine rings is 1. The SMILES string of the molecule is CC1C(=O)CCC1Cc1cncc(Br)c1. The number of carbonyl (C=O) groups excluding carboxylic acids is 1. The largest absolute Gasteiger partial charge is 0.299 e. The summed E-state index contributed by atoms with van der Waals surface area (Å²) in [6, 6.07) is 2.09. The molecule has 2 nitrogen and oxygen atoms in total. The van der Waals surface area contributed by atoms with Crippen LogP contribution in [0.3, 0.4) is 0 Å². The van der Waals surface area contributed by atoms with Crippen LogP contribution >= 0.6 is 15.9 Å². The summed E-state index contributed by atoms with van der Waals surface area (Å²) >= 11 is 3.41. The van der Waals surface area contributed by atoms with Crippen molar-refractivity contribution in [2.45, 2.75) is 26.2 Å². The number of hydrogen-bond acceptors (Lipinski definition) is 2. The van der Waals surface area contributed by atoms with Crippen LogP contribution in [0.15, 0.2) is 22.9 Å². The summed E-state index contributed by atoms with van der Waals surface area (Å²) in [4.78, 5) is 15.6. The van der Waals surface area contributed by atoms with Crippen LogP contribution < -0.4 is 0 Å². The fraction of sp³-hybridized carbons (Fsp3) is 0.500. The molecule has 80 valence electrons. The third-order valence-electron chi connectivity index (χ3n) is 3.24. The highest BCUT2D eigenvalue weighted by Crippen LogP contribution is 2.31. The summed E-state index contributed by atoms with van der Waals surface area (Å²) in [5.41, 5.74) is 1.22. The van der Waals surface area contributed by atoms with E-state index in [1.807, 2.05) is 13.1 Å². The Kier molecular flexibility index (Phi) is 3.19. The van der Waals surface area contributed by atoms with Crippen molar-refractivity contribution in [3.63, 3.8) is 0 Å². The molecule has 2 atom stereocenters. The zero-order valence-corrected chi connectivity index (χ0v) is 10.3. The quantitative estimate of drug-likeness (QED) is 0.825. The van der Waals surface area contributed by atoms with E-state index in [4.69, 9.17) is 0 Å². The number of hydrogen-bond donors (Lipinski definition) is 0. The average Bonchev–Trinajstić information content (AvgIpc) is 2.50. The summed E-state index contributed by atoms with van der Waals surface area (Å²) in [6.07, 6.45) is 6.44. The van der Waals surface area contributed by atoms with Gasteiger partial charge in [0.2, 0.25) is 0 Å².